The van der Waals surface area contributed by atoms with E-state index in [4.69, 9.17) is 5.26 Å². The highest BCUT2D eigenvalue weighted by molar-refractivity contribution is 4.87. The molecule has 3 nitrogen and oxygen atoms in total. The van der Waals surface area contributed by atoms with Crippen molar-refractivity contribution in [3.8, 4) is 6.07 Å². The number of hydrogen-bond acceptors (Lipinski definition) is 3. The predicted octanol–water partition coefficient (Wildman–Crippen LogP) is 2.64. The summed E-state index contributed by atoms with van der Waals surface area (Å²) in [5.74, 6) is 1.47. The van der Waals surface area contributed by atoms with Gasteiger partial charge in [0.25, 0.3) is 0 Å². The molecule has 0 radical (unpaired) electrons. The molecule has 2 atom stereocenters. The van der Waals surface area contributed by atoms with Gasteiger partial charge in [0, 0.05) is 19.1 Å². The summed E-state index contributed by atoms with van der Waals surface area (Å²) in [5.41, 5.74) is 0. The van der Waals surface area contributed by atoms with Crippen molar-refractivity contribution < 1.29 is 0 Å². The third kappa shape index (κ3) is 5.84. The summed E-state index contributed by atoms with van der Waals surface area (Å²) >= 11 is 0. The summed E-state index contributed by atoms with van der Waals surface area (Å²) in [6.45, 7) is 10.6. The first-order chi connectivity index (χ1) is 8.65. The van der Waals surface area contributed by atoms with Crippen LogP contribution >= 0.6 is 0 Å². The van der Waals surface area contributed by atoms with Crippen molar-refractivity contribution >= 4 is 0 Å². The van der Waals surface area contributed by atoms with Gasteiger partial charge in [0.15, 0.2) is 0 Å². The van der Waals surface area contributed by atoms with Gasteiger partial charge in [-0.15, -0.1) is 0 Å². The SMILES string of the molecule is CCCCC1CC(NCC(C)C)CN(CC#N)C1. The Morgan fingerprint density at radius 2 is 2.17 bits per heavy atom. The number of nitriles is 1. The number of piperidine rings is 1. The first kappa shape index (κ1) is 15.5. The van der Waals surface area contributed by atoms with E-state index in [0.717, 1.165) is 25.6 Å². The zero-order valence-corrected chi connectivity index (χ0v) is 12.3. The van der Waals surface area contributed by atoms with Gasteiger partial charge in [-0.05, 0) is 31.2 Å². The van der Waals surface area contributed by atoms with Crippen LogP contribution in [0.3, 0.4) is 0 Å². The van der Waals surface area contributed by atoms with Gasteiger partial charge in [-0.25, -0.2) is 0 Å². The van der Waals surface area contributed by atoms with Gasteiger partial charge in [-0.1, -0.05) is 33.6 Å². The lowest BCUT2D eigenvalue weighted by molar-refractivity contribution is 0.146. The van der Waals surface area contributed by atoms with E-state index in [-0.39, 0.29) is 0 Å². The first-order valence-electron chi connectivity index (χ1n) is 7.48. The van der Waals surface area contributed by atoms with Crippen LogP contribution < -0.4 is 5.32 Å². The summed E-state index contributed by atoms with van der Waals surface area (Å²) in [4.78, 5) is 2.32. The van der Waals surface area contributed by atoms with E-state index < -0.39 is 0 Å². The van der Waals surface area contributed by atoms with Crippen LogP contribution in [0.4, 0.5) is 0 Å². The molecule has 18 heavy (non-hydrogen) atoms. The second-order valence-corrected chi connectivity index (χ2v) is 6.10. The fraction of sp³-hybridized carbons (Fsp3) is 0.933. The van der Waals surface area contributed by atoms with Crippen molar-refractivity contribution in [3.05, 3.63) is 0 Å². The van der Waals surface area contributed by atoms with Gasteiger partial charge in [0.2, 0.25) is 0 Å². The predicted molar refractivity (Wildman–Crippen MR) is 76.3 cm³/mol. The van der Waals surface area contributed by atoms with Gasteiger partial charge in [0.1, 0.15) is 0 Å². The quantitative estimate of drug-likeness (QED) is 0.707. The smallest absolute Gasteiger partial charge is 0.0866 e. The van der Waals surface area contributed by atoms with Crippen LogP contribution in [0.15, 0.2) is 0 Å². The average Bonchev–Trinajstić information content (AvgIpc) is 2.34. The Morgan fingerprint density at radius 1 is 1.39 bits per heavy atom. The lowest BCUT2D eigenvalue weighted by atomic mass is 9.89. The lowest BCUT2D eigenvalue weighted by Gasteiger charge is -2.37. The van der Waals surface area contributed by atoms with Crippen molar-refractivity contribution in [3.63, 3.8) is 0 Å². The zero-order chi connectivity index (χ0) is 13.4. The largest absolute Gasteiger partial charge is 0.312 e. The third-order valence-corrected chi connectivity index (χ3v) is 3.69. The van der Waals surface area contributed by atoms with Crippen molar-refractivity contribution in [2.24, 2.45) is 11.8 Å². The molecular formula is C15H29N3. The van der Waals surface area contributed by atoms with Crippen molar-refractivity contribution in [1.82, 2.24) is 10.2 Å². The third-order valence-electron chi connectivity index (χ3n) is 3.69. The molecule has 0 amide bonds. The molecule has 0 aromatic heterocycles. The Kier molecular flexibility index (Phi) is 7.31. The molecule has 2 unspecified atom stereocenters. The highest BCUT2D eigenvalue weighted by Gasteiger charge is 2.26. The highest BCUT2D eigenvalue weighted by Crippen LogP contribution is 2.22. The van der Waals surface area contributed by atoms with Gasteiger partial charge in [-0.3, -0.25) is 4.90 Å². The molecule has 104 valence electrons. The molecule has 1 rings (SSSR count). The first-order valence-corrected chi connectivity index (χ1v) is 7.48. The molecule has 0 saturated carbocycles. The molecule has 1 aliphatic heterocycles. The van der Waals surface area contributed by atoms with E-state index in [1.807, 2.05) is 0 Å². The van der Waals surface area contributed by atoms with Crippen LogP contribution in [0.25, 0.3) is 0 Å². The summed E-state index contributed by atoms with van der Waals surface area (Å²) in [6, 6.07) is 2.88. The molecule has 1 fully saturated rings. The fourth-order valence-corrected chi connectivity index (χ4v) is 2.78. The Balaban J connectivity index is 2.43. The molecule has 0 aliphatic carbocycles. The Morgan fingerprint density at radius 3 is 2.78 bits per heavy atom. The molecule has 0 aromatic carbocycles. The number of nitrogens with zero attached hydrogens (tertiary/aromatic N) is 2. The van der Waals surface area contributed by atoms with E-state index in [2.05, 4.69) is 37.1 Å². The molecule has 0 aromatic rings. The molecule has 3 heteroatoms. The van der Waals surface area contributed by atoms with Crippen molar-refractivity contribution in [2.45, 2.75) is 52.5 Å². The average molecular weight is 251 g/mol. The molecule has 0 spiro atoms. The maximum absolute atomic E-state index is 8.87. The van der Waals surface area contributed by atoms with E-state index in [9.17, 15) is 0 Å². The second kappa shape index (κ2) is 8.50. The standard InChI is InChI=1S/C15H29N3/c1-4-5-6-14-9-15(17-10-13(2)3)12-18(11-14)8-7-16/h13-15,17H,4-6,8-12H2,1-3H3. The minimum atomic E-state index is 0.580. The van der Waals surface area contributed by atoms with Crippen LogP contribution in [-0.4, -0.2) is 37.1 Å². The number of rotatable bonds is 7. The highest BCUT2D eigenvalue weighted by atomic mass is 15.2. The second-order valence-electron chi connectivity index (χ2n) is 6.10. The maximum atomic E-state index is 8.87. The topological polar surface area (TPSA) is 39.1 Å². The van der Waals surface area contributed by atoms with Crippen LogP contribution in [0.1, 0.15) is 46.5 Å². The normalized spacial score (nSPS) is 25.3. The number of unbranched alkanes of at least 4 members (excludes halogenated alkanes) is 1. The summed E-state index contributed by atoms with van der Waals surface area (Å²) < 4.78 is 0. The van der Waals surface area contributed by atoms with E-state index in [0.29, 0.717) is 18.5 Å². The molecule has 1 heterocycles. The van der Waals surface area contributed by atoms with Gasteiger partial charge >= 0.3 is 0 Å². The van der Waals surface area contributed by atoms with Gasteiger partial charge in [0.05, 0.1) is 12.6 Å². The number of likely N-dealkylation sites (tertiary alicyclic amines) is 1. The monoisotopic (exact) mass is 251 g/mol. The summed E-state index contributed by atoms with van der Waals surface area (Å²) in [6.07, 6.45) is 5.20. The van der Waals surface area contributed by atoms with E-state index in [1.54, 1.807) is 0 Å². The van der Waals surface area contributed by atoms with Crippen LogP contribution in [-0.2, 0) is 0 Å². The fourth-order valence-electron chi connectivity index (χ4n) is 2.78. The number of hydrogen-bond donors (Lipinski definition) is 1. The number of nitrogens with one attached hydrogen (secondary N) is 1. The molecular weight excluding hydrogens is 222 g/mol. The summed E-state index contributed by atoms with van der Waals surface area (Å²) in [7, 11) is 0. The van der Waals surface area contributed by atoms with Crippen LogP contribution in [0, 0.1) is 23.2 Å². The van der Waals surface area contributed by atoms with Gasteiger partial charge < -0.3 is 5.32 Å². The zero-order valence-electron chi connectivity index (χ0n) is 12.3. The van der Waals surface area contributed by atoms with Crippen LogP contribution in [0.5, 0.6) is 0 Å². The van der Waals surface area contributed by atoms with Gasteiger partial charge in [-0.2, -0.15) is 5.26 Å². The van der Waals surface area contributed by atoms with Crippen molar-refractivity contribution in [2.75, 3.05) is 26.2 Å². The minimum absolute atomic E-state index is 0.580. The van der Waals surface area contributed by atoms with Crippen molar-refractivity contribution in [1.29, 1.82) is 5.26 Å². The van der Waals surface area contributed by atoms with E-state index >= 15 is 0 Å². The van der Waals surface area contributed by atoms with Crippen LogP contribution in [0.2, 0.25) is 0 Å². The Bertz CT molecular complexity index is 257. The molecule has 1 N–H and O–H groups in total. The molecule has 0 bridgehead atoms. The Hall–Kier alpha value is -0.590. The lowest BCUT2D eigenvalue weighted by Crippen LogP contribution is -2.50. The maximum Gasteiger partial charge on any atom is 0.0866 e. The minimum Gasteiger partial charge on any atom is -0.312 e. The molecule has 1 saturated heterocycles. The summed E-state index contributed by atoms with van der Waals surface area (Å²) in [5, 5.41) is 12.5. The van der Waals surface area contributed by atoms with E-state index in [1.165, 1.54) is 25.7 Å². The Labute approximate surface area is 113 Å². The molecule has 1 aliphatic rings.